The van der Waals surface area contributed by atoms with Gasteiger partial charge in [0, 0.05) is 23.9 Å². The van der Waals surface area contributed by atoms with E-state index in [0.29, 0.717) is 35.6 Å². The number of carbonyl (C=O) groups is 1. The summed E-state index contributed by atoms with van der Waals surface area (Å²) in [6, 6.07) is 0. The zero-order chi connectivity index (χ0) is 30.3. The maximum Gasteiger partial charge on any atom is 0.335 e. The summed E-state index contributed by atoms with van der Waals surface area (Å²) in [5.74, 6) is 0.702. The molecule has 13 heteroatoms. The van der Waals surface area contributed by atoms with Crippen molar-refractivity contribution in [2.45, 2.75) is 116 Å². The largest absolute Gasteiger partial charge is 0.469 e. The Morgan fingerprint density at radius 1 is 1.10 bits per heavy atom. The molecule has 0 amide bonds. The number of aromatic nitrogens is 3. The molecule has 1 unspecified atom stereocenters. The molecule has 0 spiro atoms. The van der Waals surface area contributed by atoms with Crippen LogP contribution in [0.25, 0.3) is 11.0 Å². The number of aromatic amines is 1. The molecule has 0 aliphatic carbocycles. The van der Waals surface area contributed by atoms with Gasteiger partial charge in [-0.3, -0.25) is 13.6 Å². The van der Waals surface area contributed by atoms with E-state index >= 15 is 0 Å². The fourth-order valence-electron chi connectivity index (χ4n) is 6.25. The number of rotatable bonds is 9. The van der Waals surface area contributed by atoms with Gasteiger partial charge in [0.1, 0.15) is 23.0 Å². The van der Waals surface area contributed by atoms with Gasteiger partial charge in [-0.05, 0) is 41.0 Å². The maximum absolute atomic E-state index is 13.1. The lowest BCUT2D eigenvalue weighted by Crippen LogP contribution is -2.65. The van der Waals surface area contributed by atoms with Gasteiger partial charge in [0.05, 0.1) is 32.3 Å². The molecule has 10 nitrogen and oxygen atoms in total. The number of fused-ring (bicyclic) bond motifs is 2. The standard InChI is InChI=1S/C28H47N3O7SSi2/c1-16(2)40(17(3)4)35-15-24-23(37-41(38-40,18(5)6)19(7)8)13-22(36-24)21-14-31(39-12-11-25(32)34-10)27-26(21)29-20(9)30-28(27)33/h14,16-19,22-24H,11-13,15H2,1-10H3,(H,29,30,33)/t22-,23?,24+/m1/s1. The molecule has 4 rings (SSSR count). The molecule has 4 heterocycles. The van der Waals surface area contributed by atoms with Gasteiger partial charge >= 0.3 is 23.1 Å². The molecular weight excluding hydrogens is 579 g/mol. The lowest BCUT2D eigenvalue weighted by atomic mass is 10.1. The second-order valence-electron chi connectivity index (χ2n) is 12.4. The Balaban J connectivity index is 1.73. The SMILES string of the molecule is COC(=O)CCSn1cc([C@H]2CC3O[Si](C(C)C)(C(C)C)O[Si](C(C)C)(C(C)C)OC[C@@H]3O2)c2nc(C)[nH]c(=O)c21. The first-order valence-corrected chi connectivity index (χ1v) is 19.6. The van der Waals surface area contributed by atoms with Gasteiger partial charge in [-0.25, -0.2) is 4.98 Å². The summed E-state index contributed by atoms with van der Waals surface area (Å²) in [7, 11) is -4.06. The first-order chi connectivity index (χ1) is 19.3. The average molecular weight is 626 g/mol. The predicted molar refractivity (Wildman–Crippen MR) is 166 cm³/mol. The minimum absolute atomic E-state index is 0.198. The highest BCUT2D eigenvalue weighted by atomic mass is 32.2. The van der Waals surface area contributed by atoms with Gasteiger partial charge in [0.2, 0.25) is 0 Å². The maximum atomic E-state index is 13.1. The summed E-state index contributed by atoms with van der Waals surface area (Å²) in [4.78, 5) is 32.3. The van der Waals surface area contributed by atoms with Crippen molar-refractivity contribution < 1.29 is 27.2 Å². The zero-order valence-electron chi connectivity index (χ0n) is 26.1. The molecule has 230 valence electrons. The van der Waals surface area contributed by atoms with Crippen molar-refractivity contribution in [3.05, 3.63) is 27.9 Å². The van der Waals surface area contributed by atoms with Crippen molar-refractivity contribution in [1.82, 2.24) is 13.9 Å². The van der Waals surface area contributed by atoms with Crippen LogP contribution in [-0.2, 0) is 27.2 Å². The van der Waals surface area contributed by atoms with Crippen LogP contribution in [0, 0.1) is 6.92 Å². The smallest absolute Gasteiger partial charge is 0.335 e. The molecule has 0 radical (unpaired) electrons. The van der Waals surface area contributed by atoms with Crippen molar-refractivity contribution in [1.29, 1.82) is 0 Å². The normalized spacial score (nSPS) is 24.3. The number of hydrogen-bond acceptors (Lipinski definition) is 9. The Hall–Kier alpha value is -1.49. The van der Waals surface area contributed by atoms with Gasteiger partial charge < -0.3 is 27.4 Å². The lowest BCUT2D eigenvalue weighted by molar-refractivity contribution is -0.140. The molecule has 2 fully saturated rings. The Morgan fingerprint density at radius 2 is 1.73 bits per heavy atom. The number of nitrogens with zero attached hydrogens (tertiary/aromatic N) is 2. The van der Waals surface area contributed by atoms with Gasteiger partial charge in [-0.1, -0.05) is 55.4 Å². The van der Waals surface area contributed by atoms with E-state index in [9.17, 15) is 9.59 Å². The van der Waals surface area contributed by atoms with Gasteiger partial charge in [-0.15, -0.1) is 0 Å². The fourth-order valence-corrected chi connectivity index (χ4v) is 18.4. The third-order valence-corrected chi connectivity index (χ3v) is 19.7. The second kappa shape index (κ2) is 12.6. The Morgan fingerprint density at radius 3 is 2.32 bits per heavy atom. The molecule has 1 N–H and O–H groups in total. The monoisotopic (exact) mass is 625 g/mol. The third kappa shape index (κ3) is 6.13. The first-order valence-electron chi connectivity index (χ1n) is 14.7. The van der Waals surface area contributed by atoms with Crippen molar-refractivity contribution >= 4 is 46.1 Å². The second-order valence-corrected chi connectivity index (χ2v) is 22.4. The topological polar surface area (TPSA) is 114 Å². The van der Waals surface area contributed by atoms with Crippen LogP contribution in [-0.4, -0.2) is 68.7 Å². The van der Waals surface area contributed by atoms with E-state index in [1.165, 1.54) is 19.1 Å². The van der Waals surface area contributed by atoms with Crippen molar-refractivity contribution in [2.75, 3.05) is 19.5 Å². The molecule has 2 aromatic rings. The number of nitrogens with one attached hydrogen (secondary N) is 1. The van der Waals surface area contributed by atoms with Crippen molar-refractivity contribution in [2.24, 2.45) is 0 Å². The van der Waals surface area contributed by atoms with Crippen LogP contribution in [0.3, 0.4) is 0 Å². The molecular formula is C28H47N3O7SSi2. The molecule has 2 saturated heterocycles. The summed E-state index contributed by atoms with van der Waals surface area (Å²) in [5, 5.41) is 0. The summed E-state index contributed by atoms with van der Waals surface area (Å²) in [6.45, 7) is 19.9. The molecule has 0 bridgehead atoms. The molecule has 2 aliphatic rings. The van der Waals surface area contributed by atoms with Crippen LogP contribution < -0.4 is 5.56 Å². The Labute approximate surface area is 249 Å². The molecule has 2 aliphatic heterocycles. The van der Waals surface area contributed by atoms with E-state index in [1.54, 1.807) is 10.9 Å². The quantitative estimate of drug-likeness (QED) is 0.270. The number of H-pyrrole nitrogens is 1. The average Bonchev–Trinajstić information content (AvgIpc) is 3.44. The van der Waals surface area contributed by atoms with E-state index in [2.05, 4.69) is 60.4 Å². The van der Waals surface area contributed by atoms with Crippen LogP contribution in [0.4, 0.5) is 0 Å². The van der Waals surface area contributed by atoms with Gasteiger partial charge in [-0.2, -0.15) is 0 Å². The van der Waals surface area contributed by atoms with E-state index in [4.69, 9.17) is 27.4 Å². The summed E-state index contributed by atoms with van der Waals surface area (Å²) < 4.78 is 34.7. The number of hydrogen-bond donors (Lipinski definition) is 1. The van der Waals surface area contributed by atoms with Crippen LogP contribution >= 0.6 is 11.9 Å². The predicted octanol–water partition coefficient (Wildman–Crippen LogP) is 5.88. The van der Waals surface area contributed by atoms with E-state index in [0.717, 1.165) is 5.56 Å². The van der Waals surface area contributed by atoms with Crippen molar-refractivity contribution in [3.8, 4) is 0 Å². The number of carbonyl (C=O) groups excluding carboxylic acids is 1. The number of ether oxygens (including phenoxy) is 2. The number of methoxy groups -OCH3 is 1. The van der Waals surface area contributed by atoms with Crippen LogP contribution in [0.5, 0.6) is 0 Å². The highest BCUT2D eigenvalue weighted by molar-refractivity contribution is 7.98. The molecule has 3 atom stereocenters. The minimum Gasteiger partial charge on any atom is -0.469 e. The van der Waals surface area contributed by atoms with Gasteiger partial charge in [0.15, 0.2) is 0 Å². The minimum atomic E-state index is -2.76. The highest BCUT2D eigenvalue weighted by Gasteiger charge is 2.60. The first kappa shape index (κ1) is 32.4. The lowest BCUT2D eigenvalue weighted by Gasteiger charge is -2.51. The van der Waals surface area contributed by atoms with Gasteiger partial charge in [0.25, 0.3) is 5.56 Å². The molecule has 0 saturated carbocycles. The van der Waals surface area contributed by atoms with Crippen LogP contribution in [0.2, 0.25) is 22.2 Å². The van der Waals surface area contributed by atoms with E-state index < -0.39 is 17.1 Å². The number of aryl methyl sites for hydroxylation is 1. The van der Waals surface area contributed by atoms with E-state index in [-0.39, 0.29) is 58.4 Å². The number of esters is 1. The van der Waals surface area contributed by atoms with Crippen molar-refractivity contribution in [3.63, 3.8) is 0 Å². The fraction of sp³-hybridized carbons (Fsp3) is 0.750. The summed E-state index contributed by atoms with van der Waals surface area (Å²) >= 11 is 1.38. The van der Waals surface area contributed by atoms with Crippen LogP contribution in [0.15, 0.2) is 11.0 Å². The Bertz CT molecular complexity index is 1280. The van der Waals surface area contributed by atoms with E-state index in [1.807, 2.05) is 6.20 Å². The molecule has 41 heavy (non-hydrogen) atoms. The molecule has 0 aromatic carbocycles. The highest BCUT2D eigenvalue weighted by Crippen LogP contribution is 2.49. The summed E-state index contributed by atoms with van der Waals surface area (Å²) in [5.41, 5.74) is 2.64. The summed E-state index contributed by atoms with van der Waals surface area (Å²) in [6.07, 6.45) is 1.99. The van der Waals surface area contributed by atoms with Crippen LogP contribution in [0.1, 0.15) is 85.7 Å². The molecule has 2 aromatic heterocycles. The zero-order valence-corrected chi connectivity index (χ0v) is 28.9. The third-order valence-electron chi connectivity index (χ3n) is 8.42. The Kier molecular flexibility index (Phi) is 9.99.